The van der Waals surface area contributed by atoms with Crippen molar-refractivity contribution in [3.8, 4) is 0 Å². The first-order valence-corrected chi connectivity index (χ1v) is 27.6. The van der Waals surface area contributed by atoms with Gasteiger partial charge in [0.2, 0.25) is 5.91 Å². The Labute approximate surface area is 406 Å². The predicted octanol–water partition coefficient (Wildman–Crippen LogP) is 11.3. The van der Waals surface area contributed by atoms with Crippen molar-refractivity contribution in [3.63, 3.8) is 0 Å². The Hall–Kier alpha value is -3.24. The molecular weight excluding hydrogens is 831 g/mol. The van der Waals surface area contributed by atoms with Gasteiger partial charge in [0.1, 0.15) is 6.10 Å². The average molecular weight is 922 g/mol. The van der Waals surface area contributed by atoms with Gasteiger partial charge in [0.15, 0.2) is 0 Å². The third-order valence-corrected chi connectivity index (χ3v) is 19.1. The van der Waals surface area contributed by atoms with Crippen LogP contribution in [0.1, 0.15) is 174 Å². The van der Waals surface area contributed by atoms with Crippen LogP contribution in [-0.4, -0.2) is 90.1 Å². The molecule has 0 bridgehead atoms. The Bertz CT molecular complexity index is 1920. The third kappa shape index (κ3) is 12.0. The zero-order valence-electron chi connectivity index (χ0n) is 43.1. The van der Waals surface area contributed by atoms with Crippen LogP contribution in [0.25, 0.3) is 0 Å². The molecule has 2 aromatic rings. The quantitative estimate of drug-likeness (QED) is 0.0936. The largest absolute Gasteiger partial charge is 0.462 e. The van der Waals surface area contributed by atoms with E-state index in [0.717, 1.165) is 111 Å². The van der Waals surface area contributed by atoms with Crippen molar-refractivity contribution in [2.45, 2.75) is 194 Å². The first-order valence-electron chi connectivity index (χ1n) is 27.6. The Morgan fingerprint density at radius 2 is 1.46 bits per heavy atom. The number of carbonyl (C=O) groups is 2. The number of fused-ring (bicyclic) bond motifs is 5. The normalized spacial score (nSPS) is 32.4. The molecule has 2 N–H and O–H groups in total. The van der Waals surface area contributed by atoms with Crippen LogP contribution in [0.2, 0.25) is 0 Å². The number of nitrogens with zero attached hydrogens (tertiary/aromatic N) is 5. The fraction of sp³-hybridized carbons (Fsp3) is 0.789. The summed E-state index contributed by atoms with van der Waals surface area (Å²) in [4.78, 5) is 42.8. The molecule has 1 amide bonds. The first kappa shape index (κ1) is 50.2. The topological polar surface area (TPSA) is 103 Å². The number of ether oxygens (including phenoxy) is 1. The molecule has 4 heterocycles. The van der Waals surface area contributed by atoms with Gasteiger partial charge < -0.3 is 20.3 Å². The minimum absolute atomic E-state index is 0.00560. The summed E-state index contributed by atoms with van der Waals surface area (Å²) >= 11 is 0. The number of amides is 1. The van der Waals surface area contributed by atoms with Gasteiger partial charge in [-0.15, -0.1) is 0 Å². The Balaban J connectivity index is 0.698. The zero-order valence-corrected chi connectivity index (χ0v) is 43.1. The van der Waals surface area contributed by atoms with Crippen LogP contribution in [0, 0.1) is 52.3 Å². The van der Waals surface area contributed by atoms with Gasteiger partial charge in [0, 0.05) is 82.5 Å². The molecule has 2 aromatic heterocycles. The summed E-state index contributed by atoms with van der Waals surface area (Å²) in [5.41, 5.74) is 5.48. The Morgan fingerprint density at radius 1 is 0.776 bits per heavy atom. The van der Waals surface area contributed by atoms with Gasteiger partial charge in [0.05, 0.1) is 17.8 Å². The molecule has 0 aromatic carbocycles. The maximum atomic E-state index is 13.1. The third-order valence-electron chi connectivity index (χ3n) is 19.1. The lowest BCUT2D eigenvalue weighted by Crippen LogP contribution is -2.54. The number of hydrogen-bond acceptors (Lipinski definition) is 9. The number of pyridine rings is 2. The molecule has 1 unspecified atom stereocenters. The smallest absolute Gasteiger partial charge is 0.306 e. The van der Waals surface area contributed by atoms with Crippen LogP contribution in [-0.2, 0) is 27.4 Å². The molecule has 4 saturated carbocycles. The van der Waals surface area contributed by atoms with Crippen molar-refractivity contribution >= 4 is 23.3 Å². The Morgan fingerprint density at radius 3 is 2.19 bits per heavy atom. The van der Waals surface area contributed by atoms with Gasteiger partial charge in [0.25, 0.3) is 0 Å². The van der Waals surface area contributed by atoms with Crippen LogP contribution in [0.3, 0.4) is 0 Å². The summed E-state index contributed by atoms with van der Waals surface area (Å²) in [5, 5.41) is 6.65. The molecule has 0 radical (unpaired) electrons. The van der Waals surface area contributed by atoms with E-state index in [1.165, 1.54) is 95.6 Å². The number of rotatable bonds is 21. The molecule has 0 spiro atoms. The Kier molecular flexibility index (Phi) is 17.0. The van der Waals surface area contributed by atoms with Gasteiger partial charge >= 0.3 is 5.97 Å². The molecule has 2 saturated heterocycles. The second-order valence-electron chi connectivity index (χ2n) is 23.9. The molecule has 8 rings (SSSR count). The van der Waals surface area contributed by atoms with E-state index >= 15 is 0 Å². The molecule has 6 aliphatic rings. The van der Waals surface area contributed by atoms with Crippen molar-refractivity contribution < 1.29 is 14.3 Å². The van der Waals surface area contributed by atoms with E-state index in [1.54, 1.807) is 0 Å². The summed E-state index contributed by atoms with van der Waals surface area (Å²) in [6, 6.07) is 9.68. The molecule has 10 heteroatoms. The second kappa shape index (κ2) is 22.7. The van der Waals surface area contributed by atoms with Crippen LogP contribution in [0.15, 0.2) is 36.7 Å². The lowest BCUT2D eigenvalue weighted by molar-refractivity contribution is -0.163. The van der Waals surface area contributed by atoms with E-state index in [4.69, 9.17) is 14.7 Å². The number of aromatic nitrogens is 2. The average Bonchev–Trinajstić information content (AvgIpc) is 4.05. The number of nitrogens with one attached hydrogen (secondary N) is 2. The first-order chi connectivity index (χ1) is 32.3. The molecule has 10 nitrogen and oxygen atoms in total. The van der Waals surface area contributed by atoms with Crippen LogP contribution < -0.4 is 15.5 Å². The number of likely N-dealkylation sites (tertiary alicyclic amines) is 2. The fourth-order valence-corrected chi connectivity index (χ4v) is 15.5. The number of carbonyl (C=O) groups excluding carboxylic acids is 2. The van der Waals surface area contributed by atoms with E-state index in [1.807, 2.05) is 12.4 Å². The van der Waals surface area contributed by atoms with Crippen LogP contribution >= 0.6 is 0 Å². The van der Waals surface area contributed by atoms with Crippen molar-refractivity contribution in [3.05, 3.63) is 48.0 Å². The van der Waals surface area contributed by atoms with Crippen molar-refractivity contribution in [1.29, 1.82) is 0 Å². The summed E-state index contributed by atoms with van der Waals surface area (Å²) < 4.78 is 6.11. The van der Waals surface area contributed by atoms with Crippen molar-refractivity contribution in [2.75, 3.05) is 50.5 Å². The van der Waals surface area contributed by atoms with E-state index in [2.05, 4.69) is 98.3 Å². The van der Waals surface area contributed by atoms with Gasteiger partial charge in [-0.1, -0.05) is 53.9 Å². The van der Waals surface area contributed by atoms with E-state index in [0.29, 0.717) is 35.4 Å². The molecular formula is C57H91N7O3. The van der Waals surface area contributed by atoms with E-state index in [-0.39, 0.29) is 30.8 Å². The highest BCUT2D eigenvalue weighted by molar-refractivity contribution is 5.81. The molecule has 67 heavy (non-hydrogen) atoms. The number of hydrogen-bond donors (Lipinski definition) is 2. The minimum Gasteiger partial charge on any atom is -0.462 e. The lowest BCUT2D eigenvalue weighted by Gasteiger charge is -2.61. The highest BCUT2D eigenvalue weighted by Crippen LogP contribution is 2.68. The lowest BCUT2D eigenvalue weighted by atomic mass is 9.44. The summed E-state index contributed by atoms with van der Waals surface area (Å²) in [6.07, 6.45) is 26.7. The maximum absolute atomic E-state index is 13.1. The molecule has 11 atom stereocenters. The zero-order chi connectivity index (χ0) is 47.1. The van der Waals surface area contributed by atoms with E-state index < -0.39 is 0 Å². The SMILES string of the molecule is CC(C)CCC[C@@H](C)[C@H]1CC[C@H]2[C@@H]3CCC4C[C@@H](OC(=O)CCC(=O)NCCCCNc5ccnc(CN6CCC[C@H]6[C@@H]6CCCN6Cc6cc(N(C)C)ccn6)c5)CC[C@]4(C)[C@H]3CC[C@]12C. The van der Waals surface area contributed by atoms with Crippen LogP contribution in [0.5, 0.6) is 0 Å². The highest BCUT2D eigenvalue weighted by atomic mass is 16.5. The summed E-state index contributed by atoms with van der Waals surface area (Å²) in [5.74, 6) is 5.56. The monoisotopic (exact) mass is 922 g/mol. The van der Waals surface area contributed by atoms with Gasteiger partial charge in [-0.25, -0.2) is 0 Å². The number of unbranched alkanes of at least 4 members (excludes halogenated alkanes) is 1. The molecule has 372 valence electrons. The minimum atomic E-state index is -0.202. The standard InChI is InChI=1S/C57H91N7O3/c1-40(2)13-10-14-41(3)49-19-20-50-48-18-17-42-35-47(23-27-56(42,4)51(48)24-28-57(49,50)5)67-55(66)22-21-54(65)61-30-9-8-29-58-43-25-31-59-44(36-43)38-63-33-11-15-52(63)53-16-12-34-64(53)39-45-37-46(62(6)7)26-32-60-45/h25-26,31-32,36-37,40-42,47-53H,8-24,27-30,33-35,38-39H2,1-7H3,(H,58,59)(H,61,65)/t41-,42?,47+,48+,49-,50+,51+,52+,53+,56+,57-/m1/s1. The van der Waals surface area contributed by atoms with Crippen molar-refractivity contribution in [2.24, 2.45) is 52.3 Å². The summed E-state index contributed by atoms with van der Waals surface area (Å²) in [6.45, 7) is 18.1. The van der Waals surface area contributed by atoms with E-state index in [9.17, 15) is 9.59 Å². The number of esters is 1. The highest BCUT2D eigenvalue weighted by Gasteiger charge is 2.60. The van der Waals surface area contributed by atoms with Crippen molar-refractivity contribution in [1.82, 2.24) is 25.1 Å². The van der Waals surface area contributed by atoms with Gasteiger partial charge in [-0.05, 0) is 186 Å². The second-order valence-corrected chi connectivity index (χ2v) is 23.9. The van der Waals surface area contributed by atoms with Gasteiger partial charge in [-0.3, -0.25) is 29.4 Å². The van der Waals surface area contributed by atoms with Crippen LogP contribution in [0.4, 0.5) is 11.4 Å². The molecule has 2 aliphatic heterocycles. The maximum Gasteiger partial charge on any atom is 0.306 e. The summed E-state index contributed by atoms with van der Waals surface area (Å²) in [7, 11) is 4.18. The molecule has 4 aliphatic carbocycles. The predicted molar refractivity (Wildman–Crippen MR) is 273 cm³/mol. The fourth-order valence-electron chi connectivity index (χ4n) is 15.5. The number of anilines is 2. The van der Waals surface area contributed by atoms with Gasteiger partial charge in [-0.2, -0.15) is 0 Å². The molecule has 6 fully saturated rings.